The first-order valence-corrected chi connectivity index (χ1v) is 5.64. The van der Waals surface area contributed by atoms with E-state index in [9.17, 15) is 4.79 Å². The van der Waals surface area contributed by atoms with E-state index in [4.69, 9.17) is 4.74 Å². The summed E-state index contributed by atoms with van der Waals surface area (Å²) < 4.78 is 5.43. The van der Waals surface area contributed by atoms with Gasteiger partial charge in [0, 0.05) is 20.0 Å². The maximum atomic E-state index is 10.4. The smallest absolute Gasteiger partial charge is 0.120 e. The lowest BCUT2D eigenvalue weighted by atomic mass is 9.93. The fraction of sp³-hybridized carbons (Fsp3) is 0.500. The third kappa shape index (κ3) is 3.78. The van der Waals surface area contributed by atoms with Gasteiger partial charge in [0.2, 0.25) is 0 Å². The average molecular weight is 220 g/mol. The van der Waals surface area contributed by atoms with Crippen molar-refractivity contribution in [2.75, 3.05) is 7.11 Å². The highest BCUT2D eigenvalue weighted by atomic mass is 16.5. The van der Waals surface area contributed by atoms with Crippen molar-refractivity contribution < 1.29 is 9.53 Å². The summed E-state index contributed by atoms with van der Waals surface area (Å²) in [7, 11) is 1.73. The summed E-state index contributed by atoms with van der Waals surface area (Å²) in [6.45, 7) is 4.15. The van der Waals surface area contributed by atoms with Crippen LogP contribution >= 0.6 is 0 Å². The van der Waals surface area contributed by atoms with Gasteiger partial charge in [-0.1, -0.05) is 24.3 Å². The Labute approximate surface area is 97.6 Å². The highest BCUT2D eigenvalue weighted by molar-refractivity contribution is 5.50. The van der Waals surface area contributed by atoms with Gasteiger partial charge in [-0.3, -0.25) is 0 Å². The van der Waals surface area contributed by atoms with E-state index < -0.39 is 0 Å². The van der Waals surface area contributed by atoms with Crippen LogP contribution in [0.25, 0.3) is 0 Å². The zero-order valence-electron chi connectivity index (χ0n) is 10.3. The second-order valence-corrected chi connectivity index (χ2v) is 4.61. The number of ether oxygens (including phenoxy) is 1. The van der Waals surface area contributed by atoms with Crippen molar-refractivity contribution in [2.24, 2.45) is 0 Å². The molecule has 0 unspecified atom stereocenters. The molecule has 0 aliphatic heterocycles. The maximum absolute atomic E-state index is 10.4. The zero-order chi connectivity index (χ0) is 12.0. The summed E-state index contributed by atoms with van der Waals surface area (Å²) in [5.41, 5.74) is 2.37. The molecule has 0 fully saturated rings. The van der Waals surface area contributed by atoms with Crippen LogP contribution in [0.15, 0.2) is 24.3 Å². The number of hydrogen-bond donors (Lipinski definition) is 0. The quantitative estimate of drug-likeness (QED) is 0.689. The third-order valence-corrected chi connectivity index (χ3v) is 2.82. The molecular formula is C14H20O2. The number of aldehydes is 1. The van der Waals surface area contributed by atoms with E-state index in [1.165, 1.54) is 11.1 Å². The van der Waals surface area contributed by atoms with Gasteiger partial charge in [0.25, 0.3) is 0 Å². The van der Waals surface area contributed by atoms with Gasteiger partial charge < -0.3 is 9.53 Å². The first-order valence-electron chi connectivity index (χ1n) is 5.64. The van der Waals surface area contributed by atoms with E-state index in [0.29, 0.717) is 6.42 Å². The SMILES string of the molecule is COC(C)(C)Cc1ccccc1CCC=O. The molecule has 0 atom stereocenters. The molecule has 1 rings (SSSR count). The van der Waals surface area contributed by atoms with Crippen molar-refractivity contribution in [3.8, 4) is 0 Å². The molecule has 1 aromatic carbocycles. The minimum absolute atomic E-state index is 0.155. The van der Waals surface area contributed by atoms with Crippen LogP contribution in [0.2, 0.25) is 0 Å². The van der Waals surface area contributed by atoms with E-state index in [2.05, 4.69) is 26.0 Å². The molecule has 0 saturated carbocycles. The van der Waals surface area contributed by atoms with Gasteiger partial charge in [-0.2, -0.15) is 0 Å². The van der Waals surface area contributed by atoms with Crippen molar-refractivity contribution in [2.45, 2.75) is 38.7 Å². The normalized spacial score (nSPS) is 11.4. The van der Waals surface area contributed by atoms with Crippen LogP contribution in [-0.2, 0) is 22.4 Å². The fourth-order valence-electron chi connectivity index (χ4n) is 1.72. The molecule has 0 spiro atoms. The van der Waals surface area contributed by atoms with E-state index >= 15 is 0 Å². The number of rotatable bonds is 6. The second kappa shape index (κ2) is 5.80. The number of benzene rings is 1. The monoisotopic (exact) mass is 220 g/mol. The van der Waals surface area contributed by atoms with E-state index in [1.807, 2.05) is 12.1 Å². The molecule has 1 aromatic rings. The van der Waals surface area contributed by atoms with Crippen LogP contribution < -0.4 is 0 Å². The van der Waals surface area contributed by atoms with Crippen LogP contribution in [0.5, 0.6) is 0 Å². The summed E-state index contributed by atoms with van der Waals surface area (Å²) in [5.74, 6) is 0. The maximum Gasteiger partial charge on any atom is 0.120 e. The van der Waals surface area contributed by atoms with Crippen LogP contribution in [-0.4, -0.2) is 19.0 Å². The van der Waals surface area contributed by atoms with E-state index in [-0.39, 0.29) is 5.60 Å². The molecule has 0 aromatic heterocycles. The lowest BCUT2D eigenvalue weighted by molar-refractivity contribution is -0.107. The van der Waals surface area contributed by atoms with Crippen LogP contribution in [0, 0.1) is 0 Å². The molecule has 0 saturated heterocycles. The Hall–Kier alpha value is -1.15. The van der Waals surface area contributed by atoms with Crippen molar-refractivity contribution >= 4 is 6.29 Å². The minimum Gasteiger partial charge on any atom is -0.378 e. The zero-order valence-corrected chi connectivity index (χ0v) is 10.3. The van der Waals surface area contributed by atoms with Crippen LogP contribution in [0.4, 0.5) is 0 Å². The lowest BCUT2D eigenvalue weighted by Gasteiger charge is -2.24. The Bertz CT molecular complexity index is 342. The Morgan fingerprint density at radius 2 is 1.88 bits per heavy atom. The topological polar surface area (TPSA) is 26.3 Å². The van der Waals surface area contributed by atoms with Gasteiger partial charge in [-0.05, 0) is 31.4 Å². The molecule has 0 heterocycles. The summed E-state index contributed by atoms with van der Waals surface area (Å²) in [6, 6.07) is 8.25. The summed E-state index contributed by atoms with van der Waals surface area (Å²) in [6.07, 6.45) is 3.25. The highest BCUT2D eigenvalue weighted by Gasteiger charge is 2.18. The molecule has 2 heteroatoms. The number of methoxy groups -OCH3 is 1. The van der Waals surface area contributed by atoms with Gasteiger partial charge in [0.1, 0.15) is 6.29 Å². The van der Waals surface area contributed by atoms with Gasteiger partial charge in [0.15, 0.2) is 0 Å². The highest BCUT2D eigenvalue weighted by Crippen LogP contribution is 2.20. The Morgan fingerprint density at radius 1 is 1.25 bits per heavy atom. The number of hydrogen-bond acceptors (Lipinski definition) is 2. The Kier molecular flexibility index (Phi) is 4.69. The number of carbonyl (C=O) groups is 1. The first-order chi connectivity index (χ1) is 7.59. The van der Waals surface area contributed by atoms with E-state index in [1.54, 1.807) is 7.11 Å². The summed E-state index contributed by atoms with van der Waals surface area (Å²) >= 11 is 0. The Balaban J connectivity index is 2.82. The van der Waals surface area contributed by atoms with Gasteiger partial charge in [0.05, 0.1) is 5.60 Å². The number of aryl methyl sites for hydroxylation is 1. The summed E-state index contributed by atoms with van der Waals surface area (Å²) in [4.78, 5) is 10.4. The molecule has 0 aliphatic carbocycles. The molecule has 0 radical (unpaired) electrons. The molecule has 0 N–H and O–H groups in total. The first kappa shape index (κ1) is 12.9. The van der Waals surface area contributed by atoms with Crippen molar-refractivity contribution in [1.82, 2.24) is 0 Å². The molecule has 88 valence electrons. The van der Waals surface area contributed by atoms with Crippen molar-refractivity contribution in [3.05, 3.63) is 35.4 Å². The number of carbonyl (C=O) groups excluding carboxylic acids is 1. The van der Waals surface area contributed by atoms with Gasteiger partial charge >= 0.3 is 0 Å². The standard InChI is InChI=1S/C14H20O2/c1-14(2,16-3)11-13-8-5-4-7-12(13)9-6-10-15/h4-5,7-8,10H,6,9,11H2,1-3H3. The molecule has 0 aliphatic rings. The largest absolute Gasteiger partial charge is 0.378 e. The second-order valence-electron chi connectivity index (χ2n) is 4.61. The van der Waals surface area contributed by atoms with Crippen molar-refractivity contribution in [3.63, 3.8) is 0 Å². The molecular weight excluding hydrogens is 200 g/mol. The molecule has 0 amide bonds. The van der Waals surface area contributed by atoms with Crippen LogP contribution in [0.1, 0.15) is 31.4 Å². The van der Waals surface area contributed by atoms with Gasteiger partial charge in [-0.15, -0.1) is 0 Å². The Morgan fingerprint density at radius 3 is 2.44 bits per heavy atom. The average Bonchev–Trinajstić information content (AvgIpc) is 2.27. The van der Waals surface area contributed by atoms with E-state index in [0.717, 1.165) is 19.1 Å². The molecule has 2 nitrogen and oxygen atoms in total. The lowest BCUT2D eigenvalue weighted by Crippen LogP contribution is -2.26. The summed E-state index contributed by atoms with van der Waals surface area (Å²) in [5, 5.41) is 0. The predicted octanol–water partition coefficient (Wildman–Crippen LogP) is 2.79. The predicted molar refractivity (Wildman–Crippen MR) is 65.6 cm³/mol. The van der Waals surface area contributed by atoms with Crippen LogP contribution in [0.3, 0.4) is 0 Å². The fourth-order valence-corrected chi connectivity index (χ4v) is 1.72. The van der Waals surface area contributed by atoms with Crippen molar-refractivity contribution in [1.29, 1.82) is 0 Å². The minimum atomic E-state index is -0.155. The molecule has 0 bridgehead atoms. The molecule has 16 heavy (non-hydrogen) atoms. The third-order valence-electron chi connectivity index (χ3n) is 2.82. The van der Waals surface area contributed by atoms with Gasteiger partial charge in [-0.25, -0.2) is 0 Å².